The molecule has 0 N–H and O–H groups in total. The smallest absolute Gasteiger partial charge is 0.396 e. The summed E-state index contributed by atoms with van der Waals surface area (Å²) < 4.78 is 10.1. The van der Waals surface area contributed by atoms with E-state index in [2.05, 4.69) is 10.2 Å². The van der Waals surface area contributed by atoms with Gasteiger partial charge in [0, 0.05) is 5.75 Å². The Morgan fingerprint density at radius 1 is 1.37 bits per heavy atom. The fourth-order valence-corrected chi connectivity index (χ4v) is 3.19. The van der Waals surface area contributed by atoms with E-state index in [-0.39, 0.29) is 5.89 Å². The molecule has 0 saturated heterocycles. The Morgan fingerprint density at radius 3 is 2.89 bits per heavy atom. The van der Waals surface area contributed by atoms with Crippen LogP contribution >= 0.6 is 11.8 Å². The van der Waals surface area contributed by atoms with Gasteiger partial charge in [0.2, 0.25) is 0 Å². The highest BCUT2D eigenvalue weighted by Crippen LogP contribution is 2.28. The Balaban J connectivity index is 1.72. The molecular weight excluding hydrogens is 264 g/mol. The molecule has 1 saturated carbocycles. The third-order valence-electron chi connectivity index (χ3n) is 3.33. The number of ether oxygens (including phenoxy) is 1. The number of esters is 1. The van der Waals surface area contributed by atoms with Crippen LogP contribution < -0.4 is 0 Å². The fourth-order valence-electron chi connectivity index (χ4n) is 2.33. The maximum absolute atomic E-state index is 11.4. The summed E-state index contributed by atoms with van der Waals surface area (Å²) in [6.45, 7) is 2.06. The van der Waals surface area contributed by atoms with E-state index in [4.69, 9.17) is 9.15 Å². The van der Waals surface area contributed by atoms with Gasteiger partial charge in [-0.3, -0.25) is 0 Å². The lowest BCUT2D eigenvalue weighted by molar-refractivity contribution is 0.0475. The van der Waals surface area contributed by atoms with Crippen LogP contribution in [0.15, 0.2) is 9.64 Å². The predicted molar refractivity (Wildman–Crippen MR) is 72.2 cm³/mol. The van der Waals surface area contributed by atoms with Gasteiger partial charge >= 0.3 is 11.9 Å². The summed E-state index contributed by atoms with van der Waals surface area (Å²) in [5.74, 6) is 1.21. The average molecular weight is 284 g/mol. The Labute approximate surface area is 117 Å². The summed E-state index contributed by atoms with van der Waals surface area (Å²) in [6, 6.07) is 0. The highest BCUT2D eigenvalue weighted by Gasteiger charge is 2.17. The van der Waals surface area contributed by atoms with Crippen molar-refractivity contribution >= 4 is 17.7 Å². The SMILES string of the molecule is CCOC(=O)c1nnc(SCCC2CCCCC2)o1. The van der Waals surface area contributed by atoms with E-state index in [0.29, 0.717) is 11.8 Å². The lowest BCUT2D eigenvalue weighted by Gasteiger charge is -2.20. The number of nitrogens with zero attached hydrogens (tertiary/aromatic N) is 2. The first-order chi connectivity index (χ1) is 9.29. The second-order valence-corrected chi connectivity index (χ2v) is 5.78. The van der Waals surface area contributed by atoms with Crippen LogP contribution in [-0.4, -0.2) is 28.5 Å². The van der Waals surface area contributed by atoms with Crippen LogP contribution in [0.4, 0.5) is 0 Å². The molecule has 1 aliphatic carbocycles. The minimum absolute atomic E-state index is 0.0537. The molecule has 1 heterocycles. The molecule has 0 amide bonds. The topological polar surface area (TPSA) is 65.2 Å². The maximum atomic E-state index is 11.4. The van der Waals surface area contributed by atoms with Crippen molar-refractivity contribution in [3.63, 3.8) is 0 Å². The van der Waals surface area contributed by atoms with E-state index in [0.717, 1.165) is 11.7 Å². The zero-order chi connectivity index (χ0) is 13.5. The van der Waals surface area contributed by atoms with Crippen LogP contribution in [0.1, 0.15) is 56.1 Å². The summed E-state index contributed by atoms with van der Waals surface area (Å²) in [7, 11) is 0. The second kappa shape index (κ2) is 7.53. The van der Waals surface area contributed by atoms with Gasteiger partial charge in [0.05, 0.1) is 6.61 Å². The van der Waals surface area contributed by atoms with Crippen molar-refractivity contribution in [2.45, 2.75) is 50.7 Å². The van der Waals surface area contributed by atoms with Crippen molar-refractivity contribution in [1.82, 2.24) is 10.2 Å². The predicted octanol–water partition coefficient (Wildman–Crippen LogP) is 3.31. The molecule has 0 aromatic carbocycles. The monoisotopic (exact) mass is 284 g/mol. The first kappa shape index (κ1) is 14.4. The highest BCUT2D eigenvalue weighted by molar-refractivity contribution is 7.99. The molecular formula is C13H20N2O3S. The number of thioether (sulfide) groups is 1. The number of carbonyl (C=O) groups excluding carboxylic acids is 1. The molecule has 1 aliphatic rings. The first-order valence-electron chi connectivity index (χ1n) is 6.93. The van der Waals surface area contributed by atoms with Crippen molar-refractivity contribution < 1.29 is 13.9 Å². The number of carbonyl (C=O) groups is 1. The van der Waals surface area contributed by atoms with Crippen LogP contribution in [0.25, 0.3) is 0 Å². The molecule has 0 spiro atoms. The van der Waals surface area contributed by atoms with E-state index in [1.165, 1.54) is 50.3 Å². The van der Waals surface area contributed by atoms with E-state index >= 15 is 0 Å². The molecule has 2 rings (SSSR count). The van der Waals surface area contributed by atoms with E-state index < -0.39 is 5.97 Å². The Bertz CT molecular complexity index is 402. The molecule has 1 aromatic heterocycles. The van der Waals surface area contributed by atoms with Crippen molar-refractivity contribution in [3.8, 4) is 0 Å². The molecule has 5 nitrogen and oxygen atoms in total. The summed E-state index contributed by atoms with van der Waals surface area (Å²) in [5.41, 5.74) is 0. The van der Waals surface area contributed by atoms with Crippen LogP contribution in [0.2, 0.25) is 0 Å². The van der Waals surface area contributed by atoms with E-state index in [1.807, 2.05) is 0 Å². The molecule has 1 fully saturated rings. The molecule has 6 heteroatoms. The van der Waals surface area contributed by atoms with Gasteiger partial charge in [-0.2, -0.15) is 0 Å². The van der Waals surface area contributed by atoms with Crippen molar-refractivity contribution in [2.24, 2.45) is 5.92 Å². The number of hydrogen-bond donors (Lipinski definition) is 0. The third-order valence-corrected chi connectivity index (χ3v) is 4.18. The highest BCUT2D eigenvalue weighted by atomic mass is 32.2. The summed E-state index contributed by atoms with van der Waals surface area (Å²) in [6.07, 6.45) is 7.99. The molecule has 0 radical (unpaired) electrons. The lowest BCUT2D eigenvalue weighted by Crippen LogP contribution is -2.06. The lowest BCUT2D eigenvalue weighted by atomic mass is 9.88. The second-order valence-electron chi connectivity index (χ2n) is 4.73. The van der Waals surface area contributed by atoms with Crippen LogP contribution in [0.5, 0.6) is 0 Å². The van der Waals surface area contributed by atoms with Gasteiger partial charge in [0.15, 0.2) is 0 Å². The van der Waals surface area contributed by atoms with Gasteiger partial charge in [0.25, 0.3) is 5.22 Å². The van der Waals surface area contributed by atoms with Crippen LogP contribution in [0, 0.1) is 5.92 Å². The molecule has 0 aliphatic heterocycles. The Morgan fingerprint density at radius 2 is 2.16 bits per heavy atom. The van der Waals surface area contributed by atoms with Crippen LogP contribution in [0.3, 0.4) is 0 Å². The third kappa shape index (κ3) is 4.53. The Hall–Kier alpha value is -1.04. The van der Waals surface area contributed by atoms with Gasteiger partial charge < -0.3 is 9.15 Å². The van der Waals surface area contributed by atoms with Gasteiger partial charge in [0.1, 0.15) is 0 Å². The number of rotatable bonds is 6. The average Bonchev–Trinajstić information content (AvgIpc) is 2.89. The normalized spacial score (nSPS) is 16.5. The largest absolute Gasteiger partial charge is 0.459 e. The first-order valence-corrected chi connectivity index (χ1v) is 7.91. The fraction of sp³-hybridized carbons (Fsp3) is 0.769. The minimum Gasteiger partial charge on any atom is -0.459 e. The molecule has 19 heavy (non-hydrogen) atoms. The molecule has 0 bridgehead atoms. The van der Waals surface area contributed by atoms with Crippen molar-refractivity contribution in [3.05, 3.63) is 5.89 Å². The minimum atomic E-state index is -0.547. The molecule has 0 atom stereocenters. The van der Waals surface area contributed by atoms with Gasteiger partial charge in [-0.15, -0.1) is 5.10 Å². The van der Waals surface area contributed by atoms with Gasteiger partial charge in [-0.05, 0) is 19.3 Å². The summed E-state index contributed by atoms with van der Waals surface area (Å²) in [4.78, 5) is 11.4. The van der Waals surface area contributed by atoms with E-state index in [1.54, 1.807) is 6.92 Å². The van der Waals surface area contributed by atoms with Gasteiger partial charge in [-0.1, -0.05) is 49.0 Å². The maximum Gasteiger partial charge on any atom is 0.396 e. The quantitative estimate of drug-likeness (QED) is 0.590. The van der Waals surface area contributed by atoms with Crippen molar-refractivity contribution in [2.75, 3.05) is 12.4 Å². The number of aromatic nitrogens is 2. The van der Waals surface area contributed by atoms with Crippen LogP contribution in [-0.2, 0) is 4.74 Å². The number of hydrogen-bond acceptors (Lipinski definition) is 6. The zero-order valence-corrected chi connectivity index (χ0v) is 12.1. The summed E-state index contributed by atoms with van der Waals surface area (Å²) in [5, 5.41) is 7.99. The molecule has 106 valence electrons. The molecule has 0 unspecified atom stereocenters. The van der Waals surface area contributed by atoms with Crippen molar-refractivity contribution in [1.29, 1.82) is 0 Å². The van der Waals surface area contributed by atoms with E-state index in [9.17, 15) is 4.79 Å². The zero-order valence-electron chi connectivity index (χ0n) is 11.3. The Kier molecular flexibility index (Phi) is 5.69. The molecule has 1 aromatic rings. The summed E-state index contributed by atoms with van der Waals surface area (Å²) >= 11 is 1.52. The standard InChI is InChI=1S/C13H20N2O3S/c1-2-17-12(16)11-14-15-13(18-11)19-9-8-10-6-4-3-5-7-10/h10H,2-9H2,1H3. The van der Waals surface area contributed by atoms with Gasteiger partial charge in [-0.25, -0.2) is 4.79 Å².